The number of methoxy groups -OCH3 is 1. The first-order valence-corrected chi connectivity index (χ1v) is 5.50. The number of hydrogen-bond acceptors (Lipinski definition) is 6. The molecule has 0 N–H and O–H groups in total. The number of esters is 2. The predicted octanol–water partition coefficient (Wildman–Crippen LogP) is 0.633. The number of ether oxygens (including phenoxy) is 4. The van der Waals surface area contributed by atoms with Crippen LogP contribution in [0.5, 0.6) is 0 Å². The van der Waals surface area contributed by atoms with E-state index >= 15 is 0 Å². The second-order valence-electron chi connectivity index (χ2n) is 3.93. The third-order valence-corrected chi connectivity index (χ3v) is 2.39. The molecule has 3 atom stereocenters. The second kappa shape index (κ2) is 6.56. The van der Waals surface area contributed by atoms with Crippen molar-refractivity contribution in [3.8, 4) is 0 Å². The Labute approximate surface area is 100 Å². The van der Waals surface area contributed by atoms with E-state index in [2.05, 4.69) is 0 Å². The fourth-order valence-corrected chi connectivity index (χ4v) is 1.73. The molecule has 1 saturated heterocycles. The van der Waals surface area contributed by atoms with Gasteiger partial charge in [-0.25, -0.2) is 0 Å². The summed E-state index contributed by atoms with van der Waals surface area (Å²) in [6.07, 6.45) is 0.00157. The number of hydrogen-bond donors (Lipinski definition) is 0. The van der Waals surface area contributed by atoms with Gasteiger partial charge in [0.05, 0.1) is 6.10 Å². The molecule has 1 aliphatic rings. The Morgan fingerprint density at radius 2 is 1.94 bits per heavy atom. The van der Waals surface area contributed by atoms with E-state index in [1.807, 2.05) is 0 Å². The molecule has 6 heteroatoms. The van der Waals surface area contributed by atoms with Gasteiger partial charge in [0.25, 0.3) is 0 Å². The molecule has 0 radical (unpaired) electrons. The molecule has 0 aromatic rings. The molecule has 0 bridgehead atoms. The van der Waals surface area contributed by atoms with E-state index in [1.165, 1.54) is 21.0 Å². The van der Waals surface area contributed by atoms with Gasteiger partial charge in [-0.15, -0.1) is 0 Å². The highest BCUT2D eigenvalue weighted by molar-refractivity contribution is 5.66. The summed E-state index contributed by atoms with van der Waals surface area (Å²) < 4.78 is 20.6. The van der Waals surface area contributed by atoms with Crippen molar-refractivity contribution in [3.63, 3.8) is 0 Å². The van der Waals surface area contributed by atoms with Gasteiger partial charge in [-0.3, -0.25) is 9.59 Å². The molecule has 0 unspecified atom stereocenters. The lowest BCUT2D eigenvalue weighted by atomic mass is 10.1. The van der Waals surface area contributed by atoms with Crippen LogP contribution in [0.25, 0.3) is 0 Å². The van der Waals surface area contributed by atoms with Crippen LogP contribution in [0.4, 0.5) is 0 Å². The van der Waals surface area contributed by atoms with Gasteiger partial charge in [0.1, 0.15) is 12.7 Å². The maximum absolute atomic E-state index is 10.9. The Kier molecular flexibility index (Phi) is 5.37. The van der Waals surface area contributed by atoms with Crippen LogP contribution in [-0.4, -0.2) is 44.2 Å². The topological polar surface area (TPSA) is 71.1 Å². The van der Waals surface area contributed by atoms with Crippen molar-refractivity contribution < 1.29 is 28.5 Å². The summed E-state index contributed by atoms with van der Waals surface area (Å²) >= 11 is 0. The minimum absolute atomic E-state index is 0.146. The lowest BCUT2D eigenvalue weighted by Crippen LogP contribution is -2.40. The minimum atomic E-state index is -0.436. The summed E-state index contributed by atoms with van der Waals surface area (Å²) in [6, 6.07) is 0. The zero-order chi connectivity index (χ0) is 12.8. The molecule has 0 aromatic heterocycles. The van der Waals surface area contributed by atoms with Crippen molar-refractivity contribution in [1.82, 2.24) is 0 Å². The molecular formula is C11H18O6. The molecule has 98 valence electrons. The van der Waals surface area contributed by atoms with Gasteiger partial charge in [0, 0.05) is 33.8 Å². The van der Waals surface area contributed by atoms with Gasteiger partial charge in [-0.1, -0.05) is 0 Å². The van der Waals surface area contributed by atoms with Gasteiger partial charge >= 0.3 is 11.9 Å². The molecule has 1 aliphatic heterocycles. The van der Waals surface area contributed by atoms with Crippen LogP contribution in [-0.2, 0) is 28.5 Å². The minimum Gasteiger partial charge on any atom is -0.463 e. The zero-order valence-corrected chi connectivity index (χ0v) is 10.3. The Bertz CT molecular complexity index is 277. The van der Waals surface area contributed by atoms with Gasteiger partial charge < -0.3 is 18.9 Å². The first kappa shape index (κ1) is 13.9. The molecule has 0 saturated carbocycles. The van der Waals surface area contributed by atoms with Crippen molar-refractivity contribution in [2.45, 2.75) is 45.2 Å². The molecule has 0 aliphatic carbocycles. The van der Waals surface area contributed by atoms with E-state index in [0.717, 1.165) is 0 Å². The Morgan fingerprint density at radius 1 is 1.24 bits per heavy atom. The average molecular weight is 246 g/mol. The number of rotatable bonds is 4. The van der Waals surface area contributed by atoms with Gasteiger partial charge in [-0.05, 0) is 0 Å². The first-order valence-electron chi connectivity index (χ1n) is 5.50. The molecule has 6 nitrogen and oxygen atoms in total. The van der Waals surface area contributed by atoms with E-state index < -0.39 is 6.29 Å². The van der Waals surface area contributed by atoms with E-state index in [1.54, 1.807) is 0 Å². The number of carbonyl (C=O) groups is 2. The SMILES string of the molecule is CO[C@H]1C[C@@H](OC(C)=O)C[C@H](COC(C)=O)O1. The molecule has 1 fully saturated rings. The van der Waals surface area contributed by atoms with Crippen LogP contribution >= 0.6 is 0 Å². The lowest BCUT2D eigenvalue weighted by molar-refractivity contribution is -0.220. The maximum atomic E-state index is 10.9. The van der Waals surface area contributed by atoms with Crippen LogP contribution in [0.3, 0.4) is 0 Å². The molecule has 1 rings (SSSR count). The quantitative estimate of drug-likeness (QED) is 0.678. The third-order valence-electron chi connectivity index (χ3n) is 2.39. The van der Waals surface area contributed by atoms with Crippen molar-refractivity contribution in [1.29, 1.82) is 0 Å². The van der Waals surface area contributed by atoms with Crippen LogP contribution in [0.1, 0.15) is 26.7 Å². The van der Waals surface area contributed by atoms with Gasteiger partial charge in [0.15, 0.2) is 6.29 Å². The Morgan fingerprint density at radius 3 is 2.47 bits per heavy atom. The summed E-state index contributed by atoms with van der Waals surface area (Å²) in [5.74, 6) is -0.699. The van der Waals surface area contributed by atoms with E-state index in [0.29, 0.717) is 12.8 Å². The fourth-order valence-electron chi connectivity index (χ4n) is 1.73. The first-order chi connectivity index (χ1) is 8.01. The normalized spacial score (nSPS) is 28.5. The molecular weight excluding hydrogens is 228 g/mol. The van der Waals surface area contributed by atoms with Crippen LogP contribution < -0.4 is 0 Å². The summed E-state index contributed by atoms with van der Waals surface area (Å²) in [7, 11) is 1.52. The van der Waals surface area contributed by atoms with Crippen molar-refractivity contribution in [2.24, 2.45) is 0 Å². The van der Waals surface area contributed by atoms with Crippen LogP contribution in [0, 0.1) is 0 Å². The molecule has 0 aromatic carbocycles. The van der Waals surface area contributed by atoms with Gasteiger partial charge in [0.2, 0.25) is 0 Å². The van der Waals surface area contributed by atoms with Crippen LogP contribution in [0.2, 0.25) is 0 Å². The fraction of sp³-hybridized carbons (Fsp3) is 0.818. The van der Waals surface area contributed by atoms with Crippen molar-refractivity contribution in [2.75, 3.05) is 13.7 Å². The van der Waals surface area contributed by atoms with Gasteiger partial charge in [-0.2, -0.15) is 0 Å². The second-order valence-corrected chi connectivity index (χ2v) is 3.93. The molecule has 17 heavy (non-hydrogen) atoms. The molecule has 0 amide bonds. The van der Waals surface area contributed by atoms with Crippen molar-refractivity contribution in [3.05, 3.63) is 0 Å². The van der Waals surface area contributed by atoms with Crippen LogP contribution in [0.15, 0.2) is 0 Å². The molecule has 0 spiro atoms. The highest BCUT2D eigenvalue weighted by Crippen LogP contribution is 2.23. The lowest BCUT2D eigenvalue weighted by Gasteiger charge is -2.33. The molecule has 1 heterocycles. The van der Waals surface area contributed by atoms with E-state index in [-0.39, 0.29) is 30.8 Å². The average Bonchev–Trinajstić information content (AvgIpc) is 2.25. The number of carbonyl (C=O) groups excluding carboxylic acids is 2. The summed E-state index contributed by atoms with van der Waals surface area (Å²) in [5, 5.41) is 0. The predicted molar refractivity (Wildman–Crippen MR) is 57.1 cm³/mol. The summed E-state index contributed by atoms with van der Waals surface area (Å²) in [5.41, 5.74) is 0. The highest BCUT2D eigenvalue weighted by atomic mass is 16.7. The smallest absolute Gasteiger partial charge is 0.302 e. The summed E-state index contributed by atoms with van der Waals surface area (Å²) in [4.78, 5) is 21.6. The zero-order valence-electron chi connectivity index (χ0n) is 10.3. The maximum Gasteiger partial charge on any atom is 0.302 e. The third kappa shape index (κ3) is 5.14. The largest absolute Gasteiger partial charge is 0.463 e. The van der Waals surface area contributed by atoms with E-state index in [4.69, 9.17) is 18.9 Å². The Balaban J connectivity index is 2.47. The van der Waals surface area contributed by atoms with Crippen molar-refractivity contribution >= 4 is 11.9 Å². The standard InChI is InChI=1S/C11H18O6/c1-7(12)15-6-10-4-9(16-8(2)13)5-11(14-3)17-10/h9-11H,4-6H2,1-3H3/t9-,10+,11+/m0/s1. The monoisotopic (exact) mass is 246 g/mol. The summed E-state index contributed by atoms with van der Waals surface area (Å²) in [6.45, 7) is 2.84. The Hall–Kier alpha value is -1.14. The van der Waals surface area contributed by atoms with E-state index in [9.17, 15) is 9.59 Å². The highest BCUT2D eigenvalue weighted by Gasteiger charge is 2.31.